The smallest absolute Gasteiger partial charge is 0.289 e. The number of nitrogens with one attached hydrogen (secondary N) is 1. The monoisotopic (exact) mass is 311 g/mol. The van der Waals surface area contributed by atoms with E-state index < -0.39 is 14.9 Å². The lowest BCUT2D eigenvalue weighted by Gasteiger charge is -2.48. The molecule has 0 aliphatic carbocycles. The molecule has 8 heteroatoms. The van der Waals surface area contributed by atoms with Crippen LogP contribution < -0.4 is 5.32 Å². The second-order valence-electron chi connectivity index (χ2n) is 5.77. The van der Waals surface area contributed by atoms with Gasteiger partial charge in [-0.1, -0.05) is 12.1 Å². The van der Waals surface area contributed by atoms with Gasteiger partial charge in [-0.2, -0.15) is 4.31 Å². The largest absolute Gasteiger partial charge is 0.315 e. The van der Waals surface area contributed by atoms with Gasteiger partial charge in [-0.3, -0.25) is 10.1 Å². The van der Waals surface area contributed by atoms with Crippen molar-refractivity contribution in [1.82, 2.24) is 9.62 Å². The predicted molar refractivity (Wildman–Crippen MR) is 76.4 cm³/mol. The van der Waals surface area contributed by atoms with Gasteiger partial charge in [0.25, 0.3) is 5.69 Å². The zero-order valence-corrected chi connectivity index (χ0v) is 12.3. The fraction of sp³-hybridized carbons (Fsp3) is 0.538. The Morgan fingerprint density at radius 3 is 2.62 bits per heavy atom. The number of para-hydroxylation sites is 1. The minimum atomic E-state index is -3.82. The summed E-state index contributed by atoms with van der Waals surface area (Å²) >= 11 is 0. The van der Waals surface area contributed by atoms with Gasteiger partial charge in [0, 0.05) is 37.7 Å². The first-order valence-electron chi connectivity index (χ1n) is 6.89. The summed E-state index contributed by atoms with van der Waals surface area (Å²) in [6, 6.07) is 5.54. The number of hydrogen-bond acceptors (Lipinski definition) is 5. The Kier molecular flexibility index (Phi) is 3.46. The molecule has 21 heavy (non-hydrogen) atoms. The Morgan fingerprint density at radius 1 is 1.29 bits per heavy atom. The lowest BCUT2D eigenvalue weighted by atomic mass is 9.76. The Labute approximate surface area is 123 Å². The highest BCUT2D eigenvalue weighted by atomic mass is 32.2. The van der Waals surface area contributed by atoms with E-state index in [4.69, 9.17) is 0 Å². The molecule has 3 rings (SSSR count). The van der Waals surface area contributed by atoms with Crippen molar-refractivity contribution in [1.29, 1.82) is 0 Å². The quantitative estimate of drug-likeness (QED) is 0.663. The van der Waals surface area contributed by atoms with Crippen LogP contribution in [0.2, 0.25) is 0 Å². The van der Waals surface area contributed by atoms with Crippen molar-refractivity contribution in [3.8, 4) is 0 Å². The molecule has 1 aromatic carbocycles. The van der Waals surface area contributed by atoms with E-state index in [9.17, 15) is 18.5 Å². The summed E-state index contributed by atoms with van der Waals surface area (Å²) in [5.41, 5.74) is -0.349. The molecule has 1 aromatic rings. The van der Waals surface area contributed by atoms with Gasteiger partial charge in [-0.05, 0) is 18.9 Å². The van der Waals surface area contributed by atoms with Crippen molar-refractivity contribution in [2.24, 2.45) is 5.41 Å². The normalized spacial score (nSPS) is 21.9. The maximum Gasteiger partial charge on any atom is 0.289 e. The number of rotatable bonds is 3. The lowest BCUT2D eigenvalue weighted by molar-refractivity contribution is -0.387. The molecule has 0 saturated carbocycles. The molecule has 114 valence electrons. The molecule has 2 aliphatic heterocycles. The van der Waals surface area contributed by atoms with Crippen molar-refractivity contribution in [3.63, 3.8) is 0 Å². The van der Waals surface area contributed by atoms with E-state index in [0.29, 0.717) is 13.1 Å². The minimum absolute atomic E-state index is 0.00881. The maximum atomic E-state index is 12.7. The van der Waals surface area contributed by atoms with Gasteiger partial charge in [-0.25, -0.2) is 8.42 Å². The molecule has 7 nitrogen and oxygen atoms in total. The van der Waals surface area contributed by atoms with E-state index in [2.05, 4.69) is 5.32 Å². The third kappa shape index (κ3) is 2.43. The molecule has 1 spiro atoms. The van der Waals surface area contributed by atoms with Crippen molar-refractivity contribution in [3.05, 3.63) is 34.4 Å². The summed E-state index contributed by atoms with van der Waals surface area (Å²) in [5.74, 6) is 0. The van der Waals surface area contributed by atoms with E-state index in [-0.39, 0.29) is 16.0 Å². The van der Waals surface area contributed by atoms with Crippen LogP contribution in [-0.2, 0) is 10.0 Å². The average molecular weight is 311 g/mol. The summed E-state index contributed by atoms with van der Waals surface area (Å²) < 4.78 is 26.9. The van der Waals surface area contributed by atoms with Crippen LogP contribution in [0.15, 0.2) is 29.2 Å². The first-order chi connectivity index (χ1) is 9.95. The zero-order chi connectivity index (χ0) is 15.1. The van der Waals surface area contributed by atoms with E-state index >= 15 is 0 Å². The number of nitrogens with zero attached hydrogens (tertiary/aromatic N) is 2. The van der Waals surface area contributed by atoms with Crippen LogP contribution in [-0.4, -0.2) is 43.8 Å². The Morgan fingerprint density at radius 2 is 2.00 bits per heavy atom. The molecule has 2 saturated heterocycles. The van der Waals surface area contributed by atoms with Gasteiger partial charge in [0.1, 0.15) is 0 Å². The Balaban J connectivity index is 1.95. The zero-order valence-electron chi connectivity index (χ0n) is 11.5. The van der Waals surface area contributed by atoms with Crippen LogP contribution in [0.25, 0.3) is 0 Å². The van der Waals surface area contributed by atoms with Gasteiger partial charge >= 0.3 is 0 Å². The molecule has 2 aliphatic rings. The molecular formula is C13H17N3O4S. The number of nitro groups is 1. The number of hydrogen-bond donors (Lipinski definition) is 1. The number of nitro benzene ring substituents is 1. The molecule has 0 aromatic heterocycles. The molecular weight excluding hydrogens is 294 g/mol. The average Bonchev–Trinajstić information content (AvgIpc) is 2.45. The Hall–Kier alpha value is -1.51. The minimum Gasteiger partial charge on any atom is -0.315 e. The molecule has 0 atom stereocenters. The van der Waals surface area contributed by atoms with Crippen LogP contribution in [0.3, 0.4) is 0 Å². The highest BCUT2D eigenvalue weighted by Crippen LogP contribution is 2.37. The van der Waals surface area contributed by atoms with Crippen LogP contribution in [0.4, 0.5) is 5.69 Å². The molecule has 2 heterocycles. The number of piperidine rings is 1. The second kappa shape index (κ2) is 5.04. The van der Waals surface area contributed by atoms with Gasteiger partial charge in [0.2, 0.25) is 10.0 Å². The van der Waals surface area contributed by atoms with Gasteiger partial charge in [-0.15, -0.1) is 0 Å². The molecule has 0 amide bonds. The Bertz CT molecular complexity index is 670. The van der Waals surface area contributed by atoms with Gasteiger partial charge in [0.05, 0.1) is 4.92 Å². The molecule has 2 fully saturated rings. The number of benzene rings is 1. The van der Waals surface area contributed by atoms with Crippen molar-refractivity contribution in [2.75, 3.05) is 26.2 Å². The summed E-state index contributed by atoms with van der Waals surface area (Å²) in [4.78, 5) is 10.2. The maximum absolute atomic E-state index is 12.7. The van der Waals surface area contributed by atoms with Crippen LogP contribution in [0, 0.1) is 15.5 Å². The van der Waals surface area contributed by atoms with Crippen LogP contribution >= 0.6 is 0 Å². The predicted octanol–water partition coefficient (Wildman–Crippen LogP) is 0.969. The van der Waals surface area contributed by atoms with E-state index in [0.717, 1.165) is 25.9 Å². The third-order valence-corrected chi connectivity index (χ3v) is 6.20. The second-order valence-corrected chi connectivity index (χ2v) is 7.68. The highest BCUT2D eigenvalue weighted by Gasteiger charge is 2.44. The highest BCUT2D eigenvalue weighted by molar-refractivity contribution is 7.89. The fourth-order valence-corrected chi connectivity index (χ4v) is 4.85. The van der Waals surface area contributed by atoms with Gasteiger partial charge < -0.3 is 5.32 Å². The number of sulfonamides is 1. The van der Waals surface area contributed by atoms with E-state index in [1.165, 1.54) is 28.6 Å². The molecule has 0 radical (unpaired) electrons. The third-order valence-electron chi connectivity index (χ3n) is 4.31. The topological polar surface area (TPSA) is 92.5 Å². The first kappa shape index (κ1) is 14.4. The molecule has 0 unspecified atom stereocenters. The first-order valence-corrected chi connectivity index (χ1v) is 8.33. The van der Waals surface area contributed by atoms with Crippen molar-refractivity contribution >= 4 is 15.7 Å². The van der Waals surface area contributed by atoms with E-state index in [1.807, 2.05) is 0 Å². The summed E-state index contributed by atoms with van der Waals surface area (Å²) in [6.45, 7) is 2.50. The van der Waals surface area contributed by atoms with E-state index in [1.54, 1.807) is 0 Å². The molecule has 1 N–H and O–H groups in total. The fourth-order valence-electron chi connectivity index (χ4n) is 3.10. The van der Waals surface area contributed by atoms with Gasteiger partial charge in [0.15, 0.2) is 4.90 Å². The van der Waals surface area contributed by atoms with Crippen LogP contribution in [0.1, 0.15) is 12.8 Å². The van der Waals surface area contributed by atoms with Crippen molar-refractivity contribution in [2.45, 2.75) is 17.7 Å². The molecule has 0 bridgehead atoms. The standard InChI is InChI=1S/C13H17N3O4S/c17-16(18)11-4-1-2-5-12(11)21(19,20)15-7-3-6-13(10-15)8-14-9-13/h1-2,4-5,14H,3,6-10H2. The SMILES string of the molecule is O=[N+]([O-])c1ccccc1S(=O)(=O)N1CCCC2(CNC2)C1. The summed E-state index contributed by atoms with van der Waals surface area (Å²) in [6.07, 6.45) is 1.80. The summed E-state index contributed by atoms with van der Waals surface area (Å²) in [5, 5.41) is 14.2. The lowest BCUT2D eigenvalue weighted by Crippen LogP contribution is -2.61. The van der Waals surface area contributed by atoms with Crippen LogP contribution in [0.5, 0.6) is 0 Å². The van der Waals surface area contributed by atoms with Crippen molar-refractivity contribution < 1.29 is 13.3 Å². The summed E-state index contributed by atoms with van der Waals surface area (Å²) in [7, 11) is -3.82.